The minimum atomic E-state index is -1.13. The molecule has 1 aromatic heterocycles. The maximum absolute atomic E-state index is 11.1. The topological polar surface area (TPSA) is 105 Å². The van der Waals surface area contributed by atoms with Gasteiger partial charge >= 0.3 is 11.9 Å². The number of aliphatic carboxylic acids is 1. The highest BCUT2D eigenvalue weighted by molar-refractivity contribution is 6.33. The van der Waals surface area contributed by atoms with Crippen molar-refractivity contribution >= 4 is 23.5 Å². The van der Waals surface area contributed by atoms with E-state index in [0.29, 0.717) is 17.1 Å². The van der Waals surface area contributed by atoms with Crippen LogP contribution in [0.5, 0.6) is 0 Å². The molecule has 0 unspecified atom stereocenters. The highest BCUT2D eigenvalue weighted by Gasteiger charge is 2.14. The zero-order valence-corrected chi connectivity index (χ0v) is 11.8. The number of rotatable bonds is 5. The number of carbonyl (C=O) groups is 2. The summed E-state index contributed by atoms with van der Waals surface area (Å²) in [4.78, 5) is 21.7. The number of hydrogen-bond donors (Lipinski definition) is 2. The van der Waals surface area contributed by atoms with Crippen molar-refractivity contribution in [1.29, 1.82) is 0 Å². The summed E-state index contributed by atoms with van der Waals surface area (Å²) < 4.78 is 1.46. The fourth-order valence-corrected chi connectivity index (χ4v) is 2.07. The second kappa shape index (κ2) is 5.92. The van der Waals surface area contributed by atoms with E-state index in [0.717, 1.165) is 0 Å². The van der Waals surface area contributed by atoms with Crippen molar-refractivity contribution in [1.82, 2.24) is 15.0 Å². The molecular weight excluding hydrogens is 298 g/mol. The van der Waals surface area contributed by atoms with Crippen molar-refractivity contribution in [3.05, 3.63) is 40.2 Å². The normalized spacial score (nSPS) is 10.6. The average molecular weight is 310 g/mol. The van der Waals surface area contributed by atoms with Crippen molar-refractivity contribution in [3.8, 4) is 5.69 Å². The van der Waals surface area contributed by atoms with Gasteiger partial charge in [0, 0.05) is 6.42 Å². The number of benzene rings is 1. The molecule has 0 saturated carbocycles. The smallest absolute Gasteiger partial charge is 0.337 e. The minimum Gasteiger partial charge on any atom is -0.481 e. The van der Waals surface area contributed by atoms with Crippen LogP contribution in [0.3, 0.4) is 0 Å². The predicted octanol–water partition coefficient (Wildman–Crippen LogP) is 1.94. The molecule has 21 heavy (non-hydrogen) atoms. The summed E-state index contributed by atoms with van der Waals surface area (Å²) in [7, 11) is 0. The quantitative estimate of drug-likeness (QED) is 0.874. The van der Waals surface area contributed by atoms with Gasteiger partial charge in [-0.3, -0.25) is 4.79 Å². The van der Waals surface area contributed by atoms with Gasteiger partial charge in [-0.2, -0.15) is 0 Å². The minimum absolute atomic E-state index is 0.0313. The molecule has 7 nitrogen and oxygen atoms in total. The third-order valence-corrected chi connectivity index (χ3v) is 3.32. The zero-order valence-electron chi connectivity index (χ0n) is 11.1. The standard InChI is InChI=1S/C13H12ClN3O4/c1-7-11(4-5-12(18)19)15-16-17(7)8-2-3-10(14)9(6-8)13(20)21/h2-3,6H,4-5H2,1H3,(H,18,19)(H,20,21). The van der Waals surface area contributed by atoms with Crippen molar-refractivity contribution in [2.24, 2.45) is 0 Å². The number of halogens is 1. The van der Waals surface area contributed by atoms with Gasteiger partial charge in [-0.25, -0.2) is 9.48 Å². The number of carboxylic acids is 2. The highest BCUT2D eigenvalue weighted by Crippen LogP contribution is 2.21. The van der Waals surface area contributed by atoms with Crippen molar-refractivity contribution < 1.29 is 19.8 Å². The van der Waals surface area contributed by atoms with E-state index < -0.39 is 11.9 Å². The van der Waals surface area contributed by atoms with E-state index >= 15 is 0 Å². The van der Waals surface area contributed by atoms with Crippen LogP contribution in [0.2, 0.25) is 5.02 Å². The number of nitrogens with zero attached hydrogens (tertiary/aromatic N) is 3. The Morgan fingerprint density at radius 2 is 2.05 bits per heavy atom. The van der Waals surface area contributed by atoms with E-state index in [1.165, 1.54) is 16.8 Å². The lowest BCUT2D eigenvalue weighted by Gasteiger charge is -2.06. The van der Waals surface area contributed by atoms with Crippen LogP contribution in [0.15, 0.2) is 18.2 Å². The van der Waals surface area contributed by atoms with E-state index in [1.54, 1.807) is 13.0 Å². The lowest BCUT2D eigenvalue weighted by Crippen LogP contribution is -2.04. The first-order chi connectivity index (χ1) is 9.90. The fourth-order valence-electron chi connectivity index (χ4n) is 1.87. The molecule has 0 fully saturated rings. The van der Waals surface area contributed by atoms with E-state index in [-0.39, 0.29) is 23.4 Å². The fraction of sp³-hybridized carbons (Fsp3) is 0.231. The van der Waals surface area contributed by atoms with Gasteiger partial charge in [0.05, 0.1) is 34.1 Å². The molecule has 8 heteroatoms. The predicted molar refractivity (Wildman–Crippen MR) is 74.0 cm³/mol. The molecule has 2 N–H and O–H groups in total. The lowest BCUT2D eigenvalue weighted by molar-refractivity contribution is -0.136. The highest BCUT2D eigenvalue weighted by atomic mass is 35.5. The Morgan fingerprint density at radius 1 is 1.33 bits per heavy atom. The Kier molecular flexibility index (Phi) is 4.23. The van der Waals surface area contributed by atoms with Gasteiger partial charge in [-0.1, -0.05) is 16.8 Å². The summed E-state index contributed by atoms with van der Waals surface area (Å²) in [5.41, 5.74) is 1.69. The monoisotopic (exact) mass is 309 g/mol. The van der Waals surface area contributed by atoms with Crippen molar-refractivity contribution in [2.75, 3.05) is 0 Å². The van der Waals surface area contributed by atoms with Gasteiger partial charge < -0.3 is 10.2 Å². The van der Waals surface area contributed by atoms with Gasteiger partial charge in [0.2, 0.25) is 0 Å². The number of hydrogen-bond acceptors (Lipinski definition) is 4. The largest absolute Gasteiger partial charge is 0.481 e. The number of aryl methyl sites for hydroxylation is 1. The Hall–Kier alpha value is -2.41. The Bertz CT molecular complexity index is 711. The van der Waals surface area contributed by atoms with Crippen LogP contribution < -0.4 is 0 Å². The Labute approximate surface area is 124 Å². The third kappa shape index (κ3) is 3.19. The maximum atomic E-state index is 11.1. The summed E-state index contributed by atoms with van der Waals surface area (Å²) in [6.07, 6.45) is 0.223. The summed E-state index contributed by atoms with van der Waals surface area (Å²) in [5, 5.41) is 25.7. The summed E-state index contributed by atoms with van der Waals surface area (Å²) in [5.74, 6) is -2.05. The van der Waals surface area contributed by atoms with Crippen LogP contribution in [0.25, 0.3) is 5.69 Å². The molecule has 0 aliphatic heterocycles. The van der Waals surface area contributed by atoms with Gasteiger partial charge in [-0.15, -0.1) is 5.10 Å². The SMILES string of the molecule is Cc1c(CCC(=O)O)nnn1-c1ccc(Cl)c(C(=O)O)c1. The molecule has 0 saturated heterocycles. The van der Waals surface area contributed by atoms with Crippen LogP contribution in [-0.4, -0.2) is 37.1 Å². The van der Waals surface area contributed by atoms with Crippen molar-refractivity contribution in [3.63, 3.8) is 0 Å². The molecule has 2 aromatic rings. The first-order valence-corrected chi connectivity index (χ1v) is 6.44. The summed E-state index contributed by atoms with van der Waals surface area (Å²) in [6.45, 7) is 1.74. The van der Waals surface area contributed by atoms with Crippen LogP contribution in [-0.2, 0) is 11.2 Å². The van der Waals surface area contributed by atoms with Crippen LogP contribution in [0, 0.1) is 6.92 Å². The second-order valence-corrected chi connectivity index (χ2v) is 4.80. The molecule has 0 aliphatic rings. The van der Waals surface area contributed by atoms with E-state index in [2.05, 4.69) is 10.3 Å². The lowest BCUT2D eigenvalue weighted by atomic mass is 10.2. The number of carboxylic acid groups (broad SMARTS) is 2. The van der Waals surface area contributed by atoms with E-state index in [4.69, 9.17) is 21.8 Å². The molecular formula is C13H12ClN3O4. The number of aromatic carboxylic acids is 1. The van der Waals surface area contributed by atoms with Crippen LogP contribution in [0.1, 0.15) is 28.2 Å². The van der Waals surface area contributed by atoms with Gasteiger partial charge in [0.15, 0.2) is 0 Å². The molecule has 2 rings (SSSR count). The molecule has 1 heterocycles. The molecule has 0 atom stereocenters. The first kappa shape index (κ1) is 15.0. The second-order valence-electron chi connectivity index (χ2n) is 4.40. The number of aromatic nitrogens is 3. The summed E-state index contributed by atoms with van der Waals surface area (Å²) >= 11 is 5.82. The molecule has 0 spiro atoms. The van der Waals surface area contributed by atoms with Crippen LogP contribution in [0.4, 0.5) is 0 Å². The first-order valence-electron chi connectivity index (χ1n) is 6.06. The Balaban J connectivity index is 2.37. The molecule has 0 amide bonds. The molecule has 110 valence electrons. The maximum Gasteiger partial charge on any atom is 0.337 e. The van der Waals surface area contributed by atoms with Gasteiger partial charge in [0.25, 0.3) is 0 Å². The summed E-state index contributed by atoms with van der Waals surface area (Å²) in [6, 6.07) is 4.49. The molecule has 1 aromatic carbocycles. The molecule has 0 aliphatic carbocycles. The average Bonchev–Trinajstić information content (AvgIpc) is 2.78. The molecule has 0 radical (unpaired) electrons. The van der Waals surface area contributed by atoms with Crippen LogP contribution >= 0.6 is 11.6 Å². The van der Waals surface area contributed by atoms with Crippen molar-refractivity contribution in [2.45, 2.75) is 19.8 Å². The zero-order chi connectivity index (χ0) is 15.6. The molecule has 0 bridgehead atoms. The van der Waals surface area contributed by atoms with E-state index in [9.17, 15) is 9.59 Å². The van der Waals surface area contributed by atoms with E-state index in [1.807, 2.05) is 0 Å². The third-order valence-electron chi connectivity index (χ3n) is 2.99. The van der Waals surface area contributed by atoms with Gasteiger partial charge in [0.1, 0.15) is 0 Å². The van der Waals surface area contributed by atoms with Gasteiger partial charge in [-0.05, 0) is 25.1 Å². The Morgan fingerprint density at radius 3 is 2.67 bits per heavy atom.